The molecule has 1 unspecified atom stereocenters. The predicted octanol–water partition coefficient (Wildman–Crippen LogP) is 8.14. The molecule has 4 aromatic carbocycles. The Labute approximate surface area is 479 Å². The lowest BCUT2D eigenvalue weighted by atomic mass is 9.96. The summed E-state index contributed by atoms with van der Waals surface area (Å²) < 4.78 is 40.2. The zero-order valence-corrected chi connectivity index (χ0v) is 47.9. The second-order valence-electron chi connectivity index (χ2n) is 20.7. The Bertz CT molecular complexity index is 3300. The number of amides is 3. The zero-order valence-electron chi connectivity index (χ0n) is 46.3. The number of phenolic OH excluding ortho intramolecular Hbond substituents is 1. The number of fused-ring (bicyclic) bond motifs is 2. The smallest absolute Gasteiger partial charge is 0.237 e. The van der Waals surface area contributed by atoms with Gasteiger partial charge in [0.1, 0.15) is 22.8 Å². The number of halogens is 2. The van der Waals surface area contributed by atoms with E-state index in [1.807, 2.05) is 78.5 Å². The molecule has 0 bridgehead atoms. The number of anilines is 2. The van der Waals surface area contributed by atoms with Crippen molar-refractivity contribution in [1.82, 2.24) is 40.1 Å². The number of likely N-dealkylation sites (tertiary alicyclic amines) is 1. The fourth-order valence-electron chi connectivity index (χ4n) is 10.5. The number of aliphatic hydroxyl groups is 1. The highest BCUT2D eigenvalue weighted by molar-refractivity contribution is 7.13. The number of rotatable bonds is 25. The molecule has 0 radical (unpaired) electrons. The van der Waals surface area contributed by atoms with Gasteiger partial charge in [-0.1, -0.05) is 65.3 Å². The van der Waals surface area contributed by atoms with Gasteiger partial charge in [0.25, 0.3) is 0 Å². The summed E-state index contributed by atoms with van der Waals surface area (Å²) in [7, 11) is 1.70. The summed E-state index contributed by atoms with van der Waals surface area (Å²) in [5.74, 6) is 0.0931. The van der Waals surface area contributed by atoms with Gasteiger partial charge in [-0.2, -0.15) is 4.98 Å². The first-order valence-electron chi connectivity index (χ1n) is 27.4. The molecular weight excluding hydrogens is 1080 g/mol. The number of nitrogens with zero attached hydrogens (tertiary/aromatic N) is 8. The van der Waals surface area contributed by atoms with Crippen LogP contribution in [-0.2, 0) is 28.6 Å². The molecule has 0 saturated carbocycles. The summed E-state index contributed by atoms with van der Waals surface area (Å²) in [4.78, 5) is 61.3. The van der Waals surface area contributed by atoms with Gasteiger partial charge in [-0.15, -0.1) is 11.3 Å². The molecule has 7 aromatic rings. The van der Waals surface area contributed by atoms with E-state index in [9.17, 15) is 24.6 Å². The van der Waals surface area contributed by atoms with Crippen LogP contribution in [0.4, 0.5) is 16.2 Å². The third-order valence-corrected chi connectivity index (χ3v) is 16.2. The maximum Gasteiger partial charge on any atom is 0.237 e. The van der Waals surface area contributed by atoms with Crippen molar-refractivity contribution in [3.05, 3.63) is 112 Å². The highest BCUT2D eigenvalue weighted by Gasteiger charge is 2.38. The molecule has 2 aliphatic heterocycles. The average molecular weight is 1150 g/mol. The minimum Gasteiger partial charge on any atom is -0.508 e. The highest BCUT2D eigenvalue weighted by Crippen LogP contribution is 2.42. The SMILES string of the molecule is CC(=O)N1CCN(c2nc(NCCC(=O)N(C)CCOCCOCCOCCC(CN3C[C@H](O)C[C@H]3C(=O)N[C@@H](C)c3ccc(-c4scnc4C)cc3)c3cc(C)no3)nc3c(F)c(-c4cc(O)cc5ccccc45)c(Cl)cc23)CC1. The molecule has 81 heavy (non-hydrogen) atoms. The van der Waals surface area contributed by atoms with E-state index in [1.165, 1.54) is 13.0 Å². The van der Waals surface area contributed by atoms with Crippen LogP contribution in [0.5, 0.6) is 5.75 Å². The van der Waals surface area contributed by atoms with E-state index < -0.39 is 18.0 Å². The van der Waals surface area contributed by atoms with Gasteiger partial charge in [0.15, 0.2) is 5.82 Å². The van der Waals surface area contributed by atoms with Gasteiger partial charge >= 0.3 is 0 Å². The van der Waals surface area contributed by atoms with Crippen molar-refractivity contribution in [2.75, 3.05) is 109 Å². The zero-order chi connectivity index (χ0) is 57.2. The van der Waals surface area contributed by atoms with Crippen LogP contribution >= 0.6 is 22.9 Å². The van der Waals surface area contributed by atoms with Gasteiger partial charge in [-0.3, -0.25) is 19.3 Å². The molecule has 5 heterocycles. The maximum absolute atomic E-state index is 17.0. The normalized spacial score (nSPS) is 16.5. The molecule has 4 N–H and O–H groups in total. The summed E-state index contributed by atoms with van der Waals surface area (Å²) in [6.07, 6.45) is 0.387. The summed E-state index contributed by atoms with van der Waals surface area (Å²) in [5.41, 5.74) is 6.18. The number of carbonyl (C=O) groups is 3. The lowest BCUT2D eigenvalue weighted by Crippen LogP contribution is -2.48. The van der Waals surface area contributed by atoms with Gasteiger partial charge in [0, 0.05) is 102 Å². The number of likely N-dealkylation sites (N-methyl/N-ethyl adjacent to an activating group) is 1. The van der Waals surface area contributed by atoms with E-state index in [1.54, 1.807) is 40.3 Å². The number of benzene rings is 4. The Morgan fingerprint density at radius 1 is 0.938 bits per heavy atom. The standard InChI is InChI=1S/C59H70ClFN10O9S/c1-36-28-51(80-67-36)43(33-71-34-45(74)31-50(71)58(76)64-37(2)40-10-12-41(13-11-40)56-38(3)63-35-81-56)15-22-77-24-26-79-27-25-78-23-21-68(5)52(75)14-16-62-59-65-55-48(57(66-59)70-19-17-69(18-20-70)39(4)72)32-49(60)53(54(55)61)47-30-44(73)29-42-8-6-7-9-46(42)47/h6-13,28-30,32,35,37,43,45,50,73-74H,14-27,31,33-34H2,1-5H3,(H,64,76)(H,62,65,66)/t37-,43?,45+,50-/m0/s1. The van der Waals surface area contributed by atoms with Crippen LogP contribution in [-0.4, -0.2) is 174 Å². The summed E-state index contributed by atoms with van der Waals surface area (Å²) in [5, 5.41) is 33.7. The number of aromatic nitrogens is 4. The number of hydrogen-bond acceptors (Lipinski definition) is 17. The third kappa shape index (κ3) is 14.6. The molecule has 0 aliphatic carbocycles. The van der Waals surface area contributed by atoms with Crippen molar-refractivity contribution in [3.63, 3.8) is 0 Å². The second-order valence-corrected chi connectivity index (χ2v) is 21.9. The quantitative estimate of drug-likeness (QED) is 0.0397. The van der Waals surface area contributed by atoms with E-state index in [-0.39, 0.29) is 70.4 Å². The van der Waals surface area contributed by atoms with Crippen molar-refractivity contribution in [3.8, 4) is 27.3 Å². The van der Waals surface area contributed by atoms with E-state index in [0.717, 1.165) is 27.4 Å². The lowest BCUT2D eigenvalue weighted by molar-refractivity contribution is -0.130. The summed E-state index contributed by atoms with van der Waals surface area (Å²) in [6.45, 7) is 12.6. The number of phenols is 1. The van der Waals surface area contributed by atoms with Crippen molar-refractivity contribution in [1.29, 1.82) is 0 Å². The summed E-state index contributed by atoms with van der Waals surface area (Å²) in [6, 6.07) is 21.4. The minimum atomic E-state index is -0.682. The molecule has 4 atom stereocenters. The first kappa shape index (κ1) is 58.8. The molecule has 0 spiro atoms. The number of aryl methyl sites for hydroxylation is 2. The Morgan fingerprint density at radius 3 is 2.37 bits per heavy atom. The van der Waals surface area contributed by atoms with Gasteiger partial charge < -0.3 is 54.3 Å². The molecule has 2 aliphatic rings. The fourth-order valence-corrected chi connectivity index (χ4v) is 11.6. The van der Waals surface area contributed by atoms with Crippen LogP contribution < -0.4 is 15.5 Å². The van der Waals surface area contributed by atoms with Crippen LogP contribution in [0.2, 0.25) is 5.02 Å². The molecule has 2 saturated heterocycles. The number of β-amino-alcohol motifs (C(OH)–C–C–N with tert-alkyl or cyclic N) is 1. The number of ether oxygens (including phenoxy) is 3. The molecule has 430 valence electrons. The van der Waals surface area contributed by atoms with Crippen molar-refractivity contribution in [2.24, 2.45) is 0 Å². The van der Waals surface area contributed by atoms with Crippen molar-refractivity contribution >= 4 is 74.1 Å². The molecule has 2 fully saturated rings. The Morgan fingerprint density at radius 2 is 1.67 bits per heavy atom. The maximum atomic E-state index is 17.0. The molecular formula is C59H70ClFN10O9S. The van der Waals surface area contributed by atoms with Gasteiger partial charge in [0.2, 0.25) is 23.7 Å². The van der Waals surface area contributed by atoms with E-state index in [2.05, 4.69) is 37.9 Å². The topological polar surface area (TPSA) is 221 Å². The van der Waals surface area contributed by atoms with Gasteiger partial charge in [0.05, 0.1) is 78.0 Å². The van der Waals surface area contributed by atoms with Crippen LogP contribution in [0.25, 0.3) is 43.2 Å². The number of aromatic hydroxyl groups is 1. The van der Waals surface area contributed by atoms with Crippen LogP contribution in [0.1, 0.15) is 67.8 Å². The molecule has 22 heteroatoms. The largest absolute Gasteiger partial charge is 0.508 e. The second kappa shape index (κ2) is 27.3. The first-order chi connectivity index (χ1) is 39.1. The van der Waals surface area contributed by atoms with Crippen molar-refractivity contribution in [2.45, 2.75) is 71.1 Å². The van der Waals surface area contributed by atoms with Crippen LogP contribution in [0.3, 0.4) is 0 Å². The predicted molar refractivity (Wildman–Crippen MR) is 310 cm³/mol. The van der Waals surface area contributed by atoms with Gasteiger partial charge in [-0.25, -0.2) is 14.4 Å². The van der Waals surface area contributed by atoms with Crippen molar-refractivity contribution < 1.29 is 47.7 Å². The Kier molecular flexibility index (Phi) is 19.8. The number of nitrogens with one attached hydrogen (secondary N) is 2. The molecule has 3 amide bonds. The minimum absolute atomic E-state index is 0.0181. The van der Waals surface area contributed by atoms with E-state index >= 15 is 4.39 Å². The number of thiazole rings is 1. The molecule has 9 rings (SSSR count). The molecule has 19 nitrogen and oxygen atoms in total. The monoisotopic (exact) mass is 1150 g/mol. The Hall–Kier alpha value is -6.85. The summed E-state index contributed by atoms with van der Waals surface area (Å²) >= 11 is 8.49. The number of aliphatic hydroxyl groups excluding tert-OH is 1. The average Bonchev–Trinajstić information content (AvgIpc) is 4.38. The van der Waals surface area contributed by atoms with E-state index in [4.69, 9.17) is 35.3 Å². The van der Waals surface area contributed by atoms with E-state index in [0.29, 0.717) is 132 Å². The molecule has 3 aromatic heterocycles. The first-order valence-corrected chi connectivity index (χ1v) is 28.7. The highest BCUT2D eigenvalue weighted by atomic mass is 35.5. The van der Waals surface area contributed by atoms with Gasteiger partial charge in [-0.05, 0) is 79.3 Å². The number of hydrogen-bond donors (Lipinski definition) is 4. The lowest BCUT2D eigenvalue weighted by Gasteiger charge is -2.35. The third-order valence-electron chi connectivity index (χ3n) is 14.9. The number of carbonyl (C=O) groups excluding carboxylic acids is 3. The Balaban J connectivity index is 0.699. The van der Waals surface area contributed by atoms with Crippen LogP contribution in [0, 0.1) is 19.7 Å². The number of piperazine rings is 1. The fraction of sp³-hybridized carbons (Fsp3) is 0.441. The van der Waals surface area contributed by atoms with Crippen LogP contribution in [0.15, 0.2) is 82.8 Å².